The first-order chi connectivity index (χ1) is 8.99. The van der Waals surface area contributed by atoms with Crippen LogP contribution in [0.4, 0.5) is 13.2 Å². The van der Waals surface area contributed by atoms with Gasteiger partial charge in [-0.3, -0.25) is 0 Å². The molecule has 0 aliphatic carbocycles. The van der Waals surface area contributed by atoms with Crippen LogP contribution in [-0.2, 0) is 4.74 Å². The van der Waals surface area contributed by atoms with E-state index in [1.54, 1.807) is 12.1 Å². The predicted octanol–water partition coefficient (Wildman–Crippen LogP) is 3.76. The van der Waals surface area contributed by atoms with Gasteiger partial charge in [0.05, 0.1) is 6.10 Å². The van der Waals surface area contributed by atoms with Crippen LogP contribution in [0, 0.1) is 5.92 Å². The Labute approximate surface area is 114 Å². The SMILES string of the molecule is OCC1CCCOC1c1ccc(SC(F)(F)F)cc1. The number of hydrogen-bond acceptors (Lipinski definition) is 3. The van der Waals surface area contributed by atoms with Gasteiger partial charge in [0, 0.05) is 24.0 Å². The molecule has 2 unspecified atom stereocenters. The van der Waals surface area contributed by atoms with Crippen molar-refractivity contribution >= 4 is 11.8 Å². The summed E-state index contributed by atoms with van der Waals surface area (Å²) in [5.74, 6) is 0.0230. The third kappa shape index (κ3) is 4.12. The highest BCUT2D eigenvalue weighted by Crippen LogP contribution is 2.38. The van der Waals surface area contributed by atoms with Gasteiger partial charge in [-0.25, -0.2) is 0 Å². The van der Waals surface area contributed by atoms with Crippen molar-refractivity contribution < 1.29 is 23.0 Å². The Balaban J connectivity index is 2.08. The van der Waals surface area contributed by atoms with Crippen LogP contribution >= 0.6 is 11.8 Å². The number of ether oxygens (including phenoxy) is 1. The second kappa shape index (κ2) is 6.15. The zero-order valence-electron chi connectivity index (χ0n) is 10.2. The highest BCUT2D eigenvalue weighted by atomic mass is 32.2. The van der Waals surface area contributed by atoms with Crippen LogP contribution in [0.2, 0.25) is 0 Å². The summed E-state index contributed by atoms with van der Waals surface area (Å²) in [6.07, 6.45) is 1.56. The van der Waals surface area contributed by atoms with Crippen LogP contribution < -0.4 is 0 Å². The molecule has 0 saturated carbocycles. The molecule has 1 aromatic rings. The molecule has 106 valence electrons. The summed E-state index contributed by atoms with van der Waals surface area (Å²) >= 11 is -0.128. The molecule has 19 heavy (non-hydrogen) atoms. The van der Waals surface area contributed by atoms with E-state index in [-0.39, 0.29) is 35.3 Å². The van der Waals surface area contributed by atoms with Crippen LogP contribution in [-0.4, -0.2) is 23.8 Å². The molecule has 1 aliphatic rings. The van der Waals surface area contributed by atoms with Crippen molar-refractivity contribution in [3.63, 3.8) is 0 Å². The van der Waals surface area contributed by atoms with Crippen molar-refractivity contribution in [1.82, 2.24) is 0 Å². The van der Waals surface area contributed by atoms with Gasteiger partial charge in [0.15, 0.2) is 0 Å². The Bertz CT molecular complexity index is 405. The van der Waals surface area contributed by atoms with Crippen LogP contribution in [0.5, 0.6) is 0 Å². The summed E-state index contributed by atoms with van der Waals surface area (Å²) in [6, 6.07) is 6.18. The molecule has 0 amide bonds. The number of aliphatic hydroxyl groups excluding tert-OH is 1. The molecular formula is C13H15F3O2S. The topological polar surface area (TPSA) is 29.5 Å². The van der Waals surface area contributed by atoms with E-state index in [2.05, 4.69) is 0 Å². The number of thioether (sulfide) groups is 1. The van der Waals surface area contributed by atoms with Crippen LogP contribution in [0.1, 0.15) is 24.5 Å². The minimum Gasteiger partial charge on any atom is -0.396 e. The first-order valence-corrected chi connectivity index (χ1v) is 6.89. The van der Waals surface area contributed by atoms with Gasteiger partial charge in [-0.2, -0.15) is 13.2 Å². The summed E-state index contributed by atoms with van der Waals surface area (Å²) in [5.41, 5.74) is -3.44. The molecule has 1 N–H and O–H groups in total. The van der Waals surface area contributed by atoms with E-state index >= 15 is 0 Å². The first kappa shape index (κ1) is 14.7. The maximum Gasteiger partial charge on any atom is 0.446 e. The third-order valence-corrected chi connectivity index (χ3v) is 3.86. The molecule has 0 aromatic heterocycles. The Morgan fingerprint density at radius 3 is 2.53 bits per heavy atom. The molecule has 0 radical (unpaired) electrons. The quantitative estimate of drug-likeness (QED) is 0.860. The minimum atomic E-state index is -4.27. The molecule has 1 fully saturated rings. The van der Waals surface area contributed by atoms with Crippen molar-refractivity contribution in [3.05, 3.63) is 29.8 Å². The molecule has 1 saturated heterocycles. The maximum atomic E-state index is 12.2. The molecule has 2 atom stereocenters. The molecule has 1 aromatic carbocycles. The van der Waals surface area contributed by atoms with E-state index < -0.39 is 5.51 Å². The summed E-state index contributed by atoms with van der Waals surface area (Å²) in [6.45, 7) is 0.657. The predicted molar refractivity (Wildman–Crippen MR) is 66.9 cm³/mol. The van der Waals surface area contributed by atoms with Gasteiger partial charge in [-0.1, -0.05) is 12.1 Å². The van der Waals surface area contributed by atoms with Gasteiger partial charge in [0.1, 0.15) is 0 Å². The zero-order chi connectivity index (χ0) is 13.9. The molecule has 2 nitrogen and oxygen atoms in total. The fraction of sp³-hybridized carbons (Fsp3) is 0.538. The van der Waals surface area contributed by atoms with Crippen LogP contribution in [0.3, 0.4) is 0 Å². The lowest BCUT2D eigenvalue weighted by atomic mass is 9.90. The van der Waals surface area contributed by atoms with Gasteiger partial charge < -0.3 is 9.84 Å². The van der Waals surface area contributed by atoms with Gasteiger partial charge in [0.2, 0.25) is 0 Å². The van der Waals surface area contributed by atoms with Gasteiger partial charge in [-0.15, -0.1) is 0 Å². The van der Waals surface area contributed by atoms with Crippen molar-refractivity contribution in [2.75, 3.05) is 13.2 Å². The summed E-state index contributed by atoms with van der Waals surface area (Å²) in [4.78, 5) is 0.160. The Kier molecular flexibility index (Phi) is 4.76. The average molecular weight is 292 g/mol. The van der Waals surface area contributed by atoms with E-state index in [9.17, 15) is 18.3 Å². The normalized spacial score (nSPS) is 24.4. The average Bonchev–Trinajstić information content (AvgIpc) is 2.38. The van der Waals surface area contributed by atoms with Crippen molar-refractivity contribution in [1.29, 1.82) is 0 Å². The van der Waals surface area contributed by atoms with Gasteiger partial charge in [0.25, 0.3) is 0 Å². The molecule has 1 aliphatic heterocycles. The van der Waals surface area contributed by atoms with Crippen molar-refractivity contribution in [3.8, 4) is 0 Å². The Morgan fingerprint density at radius 2 is 1.95 bits per heavy atom. The fourth-order valence-corrected chi connectivity index (χ4v) is 2.80. The molecule has 0 spiro atoms. The first-order valence-electron chi connectivity index (χ1n) is 6.08. The number of alkyl halides is 3. The number of aliphatic hydroxyl groups is 1. The van der Waals surface area contributed by atoms with Gasteiger partial charge in [-0.05, 0) is 42.3 Å². The van der Waals surface area contributed by atoms with Crippen molar-refractivity contribution in [2.24, 2.45) is 5.92 Å². The molecule has 0 bridgehead atoms. The fourth-order valence-electron chi connectivity index (χ4n) is 2.26. The molecule has 2 rings (SSSR count). The number of benzene rings is 1. The largest absolute Gasteiger partial charge is 0.446 e. The highest BCUT2D eigenvalue weighted by Gasteiger charge is 2.30. The molecule has 1 heterocycles. The van der Waals surface area contributed by atoms with E-state index in [0.29, 0.717) is 6.61 Å². The smallest absolute Gasteiger partial charge is 0.396 e. The maximum absolute atomic E-state index is 12.2. The Morgan fingerprint density at radius 1 is 1.26 bits per heavy atom. The second-order valence-electron chi connectivity index (χ2n) is 4.49. The monoisotopic (exact) mass is 292 g/mol. The highest BCUT2D eigenvalue weighted by molar-refractivity contribution is 8.00. The van der Waals surface area contributed by atoms with E-state index in [4.69, 9.17) is 4.74 Å². The van der Waals surface area contributed by atoms with E-state index in [1.807, 2.05) is 0 Å². The minimum absolute atomic E-state index is 0.0230. The molecular weight excluding hydrogens is 277 g/mol. The lowest BCUT2D eigenvalue weighted by Gasteiger charge is -2.30. The van der Waals surface area contributed by atoms with Gasteiger partial charge >= 0.3 is 5.51 Å². The standard InChI is InChI=1S/C13H15F3O2S/c14-13(15,16)19-11-5-3-9(4-6-11)12-10(8-17)2-1-7-18-12/h3-6,10,12,17H,1-2,7-8H2. The summed E-state index contributed by atoms with van der Waals surface area (Å²) in [7, 11) is 0. The summed E-state index contributed by atoms with van der Waals surface area (Å²) in [5, 5.41) is 9.30. The van der Waals surface area contributed by atoms with Crippen LogP contribution in [0.15, 0.2) is 29.2 Å². The zero-order valence-corrected chi connectivity index (χ0v) is 11.0. The van der Waals surface area contributed by atoms with Crippen molar-refractivity contribution in [2.45, 2.75) is 29.3 Å². The lowest BCUT2D eigenvalue weighted by Crippen LogP contribution is -2.25. The second-order valence-corrected chi connectivity index (χ2v) is 5.63. The number of halogens is 3. The summed E-state index contributed by atoms with van der Waals surface area (Å²) < 4.78 is 42.3. The number of rotatable bonds is 3. The Hall–Kier alpha value is -0.720. The third-order valence-electron chi connectivity index (χ3n) is 3.12. The van der Waals surface area contributed by atoms with E-state index in [0.717, 1.165) is 18.4 Å². The van der Waals surface area contributed by atoms with E-state index in [1.165, 1.54) is 12.1 Å². The lowest BCUT2D eigenvalue weighted by molar-refractivity contribution is -0.0457. The number of hydrogen-bond donors (Lipinski definition) is 1. The molecule has 6 heteroatoms. The van der Waals surface area contributed by atoms with Crippen LogP contribution in [0.25, 0.3) is 0 Å².